The van der Waals surface area contributed by atoms with Gasteiger partial charge in [-0.3, -0.25) is 9.69 Å². The highest BCUT2D eigenvalue weighted by Gasteiger charge is 2.38. The van der Waals surface area contributed by atoms with Crippen molar-refractivity contribution in [3.63, 3.8) is 0 Å². The van der Waals surface area contributed by atoms with Crippen LogP contribution in [0.3, 0.4) is 0 Å². The SMILES string of the molecule is CC(=O)N1CCCCC[C@@H]2[C@@H]1CCN2Cc1cnc(N(C)C)nc1. The Morgan fingerprint density at radius 2 is 1.88 bits per heavy atom. The molecule has 6 heteroatoms. The Bertz CT molecular complexity index is 559. The molecule has 0 unspecified atom stereocenters. The highest BCUT2D eigenvalue weighted by Crippen LogP contribution is 2.30. The maximum absolute atomic E-state index is 12.1. The molecule has 24 heavy (non-hydrogen) atoms. The highest BCUT2D eigenvalue weighted by molar-refractivity contribution is 5.73. The first-order valence-corrected chi connectivity index (χ1v) is 9.06. The first-order valence-electron chi connectivity index (χ1n) is 9.06. The second kappa shape index (κ2) is 7.47. The van der Waals surface area contributed by atoms with Gasteiger partial charge in [0.15, 0.2) is 0 Å². The van der Waals surface area contributed by atoms with Gasteiger partial charge < -0.3 is 9.80 Å². The summed E-state index contributed by atoms with van der Waals surface area (Å²) in [5.74, 6) is 0.971. The summed E-state index contributed by atoms with van der Waals surface area (Å²) in [7, 11) is 3.90. The van der Waals surface area contributed by atoms with Gasteiger partial charge in [-0.2, -0.15) is 0 Å². The second-order valence-electron chi connectivity index (χ2n) is 7.24. The number of amides is 1. The molecule has 0 aromatic carbocycles. The molecule has 0 radical (unpaired) electrons. The molecule has 6 nitrogen and oxygen atoms in total. The maximum atomic E-state index is 12.1. The zero-order valence-corrected chi connectivity index (χ0v) is 15.1. The van der Waals surface area contributed by atoms with Gasteiger partial charge in [0.05, 0.1) is 0 Å². The second-order valence-corrected chi connectivity index (χ2v) is 7.24. The average Bonchev–Trinajstić information content (AvgIpc) is 2.89. The summed E-state index contributed by atoms with van der Waals surface area (Å²) >= 11 is 0. The van der Waals surface area contributed by atoms with Crippen LogP contribution in [-0.4, -0.2) is 64.9 Å². The molecule has 2 saturated heterocycles. The van der Waals surface area contributed by atoms with Crippen molar-refractivity contribution in [2.75, 3.05) is 32.1 Å². The number of hydrogen-bond acceptors (Lipinski definition) is 5. The van der Waals surface area contributed by atoms with Crippen molar-refractivity contribution in [1.82, 2.24) is 19.8 Å². The molecule has 0 saturated carbocycles. The summed E-state index contributed by atoms with van der Waals surface area (Å²) in [5, 5.41) is 0. The first-order chi connectivity index (χ1) is 11.6. The van der Waals surface area contributed by atoms with E-state index in [9.17, 15) is 4.79 Å². The van der Waals surface area contributed by atoms with E-state index in [1.807, 2.05) is 31.4 Å². The third kappa shape index (κ3) is 3.69. The van der Waals surface area contributed by atoms with Crippen LogP contribution in [0.5, 0.6) is 0 Å². The lowest BCUT2D eigenvalue weighted by Gasteiger charge is -2.37. The number of rotatable bonds is 3. The van der Waals surface area contributed by atoms with Crippen LogP contribution in [-0.2, 0) is 11.3 Å². The molecule has 2 atom stereocenters. The lowest BCUT2D eigenvalue weighted by molar-refractivity contribution is -0.132. The molecule has 132 valence electrons. The van der Waals surface area contributed by atoms with Crippen molar-refractivity contribution < 1.29 is 4.79 Å². The van der Waals surface area contributed by atoms with E-state index in [1.165, 1.54) is 19.3 Å². The Hall–Kier alpha value is -1.69. The molecule has 1 aromatic heterocycles. The Kier molecular flexibility index (Phi) is 5.33. The Labute approximate surface area is 144 Å². The zero-order valence-electron chi connectivity index (χ0n) is 15.1. The summed E-state index contributed by atoms with van der Waals surface area (Å²) in [6.45, 7) is 4.56. The van der Waals surface area contributed by atoms with Gasteiger partial charge in [-0.15, -0.1) is 0 Å². The molecule has 2 fully saturated rings. The fourth-order valence-electron chi connectivity index (χ4n) is 4.10. The van der Waals surface area contributed by atoms with Gasteiger partial charge in [0.2, 0.25) is 11.9 Å². The molecule has 0 aliphatic carbocycles. The number of nitrogens with zero attached hydrogens (tertiary/aromatic N) is 5. The van der Waals surface area contributed by atoms with Crippen molar-refractivity contribution >= 4 is 11.9 Å². The number of aromatic nitrogens is 2. The normalized spacial score (nSPS) is 25.0. The smallest absolute Gasteiger partial charge is 0.224 e. The van der Waals surface area contributed by atoms with Gasteiger partial charge >= 0.3 is 0 Å². The molecule has 3 heterocycles. The third-order valence-electron chi connectivity index (χ3n) is 5.31. The number of carbonyl (C=O) groups is 1. The highest BCUT2D eigenvalue weighted by atomic mass is 16.2. The summed E-state index contributed by atoms with van der Waals surface area (Å²) < 4.78 is 0. The quantitative estimate of drug-likeness (QED) is 0.847. The average molecular weight is 331 g/mol. The number of hydrogen-bond donors (Lipinski definition) is 0. The summed E-state index contributed by atoms with van der Waals surface area (Å²) in [6.07, 6.45) is 9.76. The fourth-order valence-corrected chi connectivity index (χ4v) is 4.10. The summed E-state index contributed by atoms with van der Waals surface area (Å²) in [5.41, 5.74) is 1.15. The molecule has 3 rings (SSSR count). The van der Waals surface area contributed by atoms with Crippen LogP contribution in [0, 0.1) is 0 Å². The monoisotopic (exact) mass is 331 g/mol. The van der Waals surface area contributed by atoms with Crippen molar-refractivity contribution in [2.24, 2.45) is 0 Å². The van der Waals surface area contributed by atoms with Crippen LogP contribution in [0.15, 0.2) is 12.4 Å². The van der Waals surface area contributed by atoms with Gasteiger partial charge in [-0.25, -0.2) is 9.97 Å². The molecular formula is C18H29N5O. The minimum Gasteiger partial charge on any atom is -0.347 e. The minimum atomic E-state index is 0.229. The molecule has 1 amide bonds. The topological polar surface area (TPSA) is 52.6 Å². The lowest BCUT2D eigenvalue weighted by atomic mass is 9.97. The van der Waals surface area contributed by atoms with Gasteiger partial charge in [0, 0.05) is 70.7 Å². The molecule has 2 aliphatic rings. The zero-order chi connectivity index (χ0) is 17.1. The fraction of sp³-hybridized carbons (Fsp3) is 0.722. The molecule has 0 bridgehead atoms. The molecule has 1 aromatic rings. The van der Waals surface area contributed by atoms with E-state index in [4.69, 9.17) is 0 Å². The van der Waals surface area contributed by atoms with E-state index in [1.54, 1.807) is 6.92 Å². The molecule has 0 N–H and O–H groups in total. The van der Waals surface area contributed by atoms with Crippen molar-refractivity contribution in [3.8, 4) is 0 Å². The predicted octanol–water partition coefficient (Wildman–Crippen LogP) is 1.91. The van der Waals surface area contributed by atoms with Crippen LogP contribution >= 0.6 is 0 Å². The molecule has 2 aliphatic heterocycles. The Morgan fingerprint density at radius 1 is 1.12 bits per heavy atom. The van der Waals surface area contributed by atoms with E-state index in [0.717, 1.165) is 44.0 Å². The largest absolute Gasteiger partial charge is 0.347 e. The molecular weight excluding hydrogens is 302 g/mol. The number of fused-ring (bicyclic) bond motifs is 1. The van der Waals surface area contributed by atoms with Crippen molar-refractivity contribution in [3.05, 3.63) is 18.0 Å². The third-order valence-corrected chi connectivity index (χ3v) is 5.31. The van der Waals surface area contributed by atoms with E-state index in [2.05, 4.69) is 19.8 Å². The van der Waals surface area contributed by atoms with Crippen LogP contribution < -0.4 is 4.90 Å². The van der Waals surface area contributed by atoms with E-state index < -0.39 is 0 Å². The minimum absolute atomic E-state index is 0.229. The maximum Gasteiger partial charge on any atom is 0.224 e. The van der Waals surface area contributed by atoms with Gasteiger partial charge in [0.25, 0.3) is 0 Å². The first kappa shape index (κ1) is 17.1. The molecule has 0 spiro atoms. The number of likely N-dealkylation sites (tertiary alicyclic amines) is 2. The number of carbonyl (C=O) groups excluding carboxylic acids is 1. The summed E-state index contributed by atoms with van der Waals surface area (Å²) in [6, 6.07) is 0.854. The van der Waals surface area contributed by atoms with Crippen LogP contribution in [0.2, 0.25) is 0 Å². The van der Waals surface area contributed by atoms with Gasteiger partial charge in [0.1, 0.15) is 0 Å². The van der Waals surface area contributed by atoms with E-state index in [0.29, 0.717) is 12.1 Å². The van der Waals surface area contributed by atoms with Crippen LogP contribution in [0.25, 0.3) is 0 Å². The van der Waals surface area contributed by atoms with Crippen molar-refractivity contribution in [1.29, 1.82) is 0 Å². The predicted molar refractivity (Wildman–Crippen MR) is 94.8 cm³/mol. The number of anilines is 1. The summed E-state index contributed by atoms with van der Waals surface area (Å²) in [4.78, 5) is 27.5. The Morgan fingerprint density at radius 3 is 2.54 bits per heavy atom. The van der Waals surface area contributed by atoms with Crippen LogP contribution in [0.4, 0.5) is 5.95 Å². The van der Waals surface area contributed by atoms with Gasteiger partial charge in [-0.1, -0.05) is 12.8 Å². The lowest BCUT2D eigenvalue weighted by Crippen LogP contribution is -2.48. The Balaban J connectivity index is 1.71. The van der Waals surface area contributed by atoms with Gasteiger partial charge in [-0.05, 0) is 19.3 Å². The van der Waals surface area contributed by atoms with Crippen LogP contribution in [0.1, 0.15) is 44.6 Å². The van der Waals surface area contributed by atoms with Crippen molar-refractivity contribution in [2.45, 2.75) is 57.7 Å². The van der Waals surface area contributed by atoms with E-state index >= 15 is 0 Å². The van der Waals surface area contributed by atoms with E-state index in [-0.39, 0.29) is 5.91 Å². The standard InChI is InChI=1S/C18H29N5O/c1-14(24)23-9-6-4-5-7-16-17(23)8-10-22(16)13-15-11-19-18(20-12-15)21(2)3/h11-12,16-17H,4-10,13H2,1-3H3/t16-,17+/m1/s1.